The first-order valence-corrected chi connectivity index (χ1v) is 15.8. The Labute approximate surface area is 267 Å². The van der Waals surface area contributed by atoms with Crippen molar-refractivity contribution in [2.75, 3.05) is 0 Å². The lowest BCUT2D eigenvalue weighted by Crippen LogP contribution is -2.15. The highest BCUT2D eigenvalue weighted by Gasteiger charge is 2.26. The van der Waals surface area contributed by atoms with E-state index in [1.54, 1.807) is 0 Å². The number of hydrogen-bond donors (Lipinski definition) is 5. The zero-order chi connectivity index (χ0) is 33.2. The molecule has 5 nitrogen and oxygen atoms in total. The Morgan fingerprint density at radius 1 is 0.333 bits per heavy atom. The van der Waals surface area contributed by atoms with Crippen LogP contribution in [0.25, 0.3) is 0 Å². The summed E-state index contributed by atoms with van der Waals surface area (Å²) in [6.07, 6.45) is 0.965. The van der Waals surface area contributed by atoms with Crippen LogP contribution in [0.1, 0.15) is 124 Å². The molecular weight excluding hydrogens is 560 g/mol. The van der Waals surface area contributed by atoms with Crippen molar-refractivity contribution in [2.24, 2.45) is 0 Å². The molecule has 0 spiro atoms. The maximum atomic E-state index is 11.8. The van der Waals surface area contributed by atoms with Crippen LogP contribution in [0.3, 0.4) is 0 Å². The number of phenolic OH excluding ortho intramolecular Hbond substituents is 5. The zero-order valence-corrected chi connectivity index (χ0v) is 28.2. The van der Waals surface area contributed by atoms with Crippen LogP contribution in [0.2, 0.25) is 0 Å². The molecule has 5 rings (SSSR count). The van der Waals surface area contributed by atoms with Crippen LogP contribution in [0, 0.1) is 0 Å². The fraction of sp³-hybridized carbons (Fsp3) is 0.400. The van der Waals surface area contributed by atoms with E-state index in [0.29, 0.717) is 57.3 Å². The molecule has 0 aliphatic heterocycles. The number of phenols is 5. The van der Waals surface area contributed by atoms with Gasteiger partial charge in [0.2, 0.25) is 0 Å². The summed E-state index contributed by atoms with van der Waals surface area (Å²) in [5.74, 6) is 0.416. The molecule has 238 valence electrons. The highest BCUT2D eigenvalue weighted by molar-refractivity contribution is 5.58. The molecule has 0 radical (unpaired) electrons. The number of benzene rings is 4. The van der Waals surface area contributed by atoms with E-state index in [4.69, 9.17) is 0 Å². The summed E-state index contributed by atoms with van der Waals surface area (Å²) >= 11 is 0. The van der Waals surface area contributed by atoms with Gasteiger partial charge in [0.15, 0.2) is 0 Å². The van der Waals surface area contributed by atoms with Gasteiger partial charge in [-0.25, -0.2) is 0 Å². The molecule has 0 heterocycles. The van der Waals surface area contributed by atoms with Crippen LogP contribution >= 0.6 is 0 Å². The second-order valence-electron chi connectivity index (χ2n) is 16.0. The minimum Gasteiger partial charge on any atom is -0.508 e. The molecule has 0 unspecified atom stereocenters. The molecule has 8 bridgehead atoms. The SMILES string of the molecule is CC(C)(C)c1cc2c(O)c(c1)Cc1cc(C(C)(C)C)cc(c1O)Cc1cc(C(C)(C)C)cc(c1O)Cc1cc(O)cc(c1O)C2. The van der Waals surface area contributed by atoms with Gasteiger partial charge >= 0.3 is 0 Å². The van der Waals surface area contributed by atoms with Crippen LogP contribution in [0.5, 0.6) is 28.7 Å². The minimum atomic E-state index is -0.227. The third kappa shape index (κ3) is 6.49. The first-order chi connectivity index (χ1) is 20.7. The Hall–Kier alpha value is -4.12. The summed E-state index contributed by atoms with van der Waals surface area (Å²) in [4.78, 5) is 0. The van der Waals surface area contributed by atoms with Crippen molar-refractivity contribution >= 4 is 0 Å². The quantitative estimate of drug-likeness (QED) is 0.113. The predicted molar refractivity (Wildman–Crippen MR) is 181 cm³/mol. The number of fused-ring (bicyclic) bond motifs is 8. The van der Waals surface area contributed by atoms with Gasteiger partial charge in [-0.15, -0.1) is 0 Å². The van der Waals surface area contributed by atoms with E-state index in [1.807, 2.05) is 36.4 Å². The second-order valence-corrected chi connectivity index (χ2v) is 16.0. The van der Waals surface area contributed by atoms with Gasteiger partial charge in [-0.2, -0.15) is 0 Å². The lowest BCUT2D eigenvalue weighted by molar-refractivity contribution is 0.443. The van der Waals surface area contributed by atoms with Gasteiger partial charge in [-0.1, -0.05) is 98.7 Å². The predicted octanol–water partition coefficient (Wildman–Crippen LogP) is 8.78. The first-order valence-electron chi connectivity index (χ1n) is 15.8. The molecule has 0 saturated carbocycles. The van der Waals surface area contributed by atoms with E-state index in [9.17, 15) is 25.5 Å². The molecule has 0 amide bonds. The lowest BCUT2D eigenvalue weighted by atomic mass is 9.80. The van der Waals surface area contributed by atoms with Crippen molar-refractivity contribution in [1.82, 2.24) is 0 Å². The largest absolute Gasteiger partial charge is 0.508 e. The average Bonchev–Trinajstić information content (AvgIpc) is 2.90. The summed E-state index contributed by atoms with van der Waals surface area (Å²) in [7, 11) is 0. The van der Waals surface area contributed by atoms with E-state index in [2.05, 4.69) is 62.3 Å². The number of aromatic hydroxyl groups is 5. The number of rotatable bonds is 0. The third-order valence-corrected chi connectivity index (χ3v) is 9.18. The molecule has 0 saturated heterocycles. The lowest BCUT2D eigenvalue weighted by Gasteiger charge is -2.26. The third-order valence-electron chi connectivity index (χ3n) is 9.18. The zero-order valence-electron chi connectivity index (χ0n) is 28.2. The van der Waals surface area contributed by atoms with Crippen molar-refractivity contribution in [3.05, 3.63) is 110 Å². The van der Waals surface area contributed by atoms with Crippen LogP contribution in [0.4, 0.5) is 0 Å². The molecule has 4 aromatic carbocycles. The Kier molecular flexibility index (Phi) is 7.92. The second kappa shape index (κ2) is 11.0. The van der Waals surface area contributed by atoms with Crippen LogP contribution in [-0.4, -0.2) is 25.5 Å². The Morgan fingerprint density at radius 2 is 0.511 bits per heavy atom. The highest BCUT2D eigenvalue weighted by atomic mass is 16.3. The summed E-state index contributed by atoms with van der Waals surface area (Å²) in [5, 5.41) is 57.5. The normalized spacial score (nSPS) is 14.0. The minimum absolute atomic E-state index is 0.00640. The van der Waals surface area contributed by atoms with Crippen molar-refractivity contribution in [3.8, 4) is 28.7 Å². The monoisotopic (exact) mass is 608 g/mol. The molecule has 5 heteroatoms. The molecule has 1 aliphatic rings. The van der Waals surface area contributed by atoms with Crippen molar-refractivity contribution in [3.63, 3.8) is 0 Å². The van der Waals surface area contributed by atoms with Crippen molar-refractivity contribution < 1.29 is 25.5 Å². The van der Waals surface area contributed by atoms with Crippen molar-refractivity contribution in [2.45, 2.75) is 104 Å². The summed E-state index contributed by atoms with van der Waals surface area (Å²) < 4.78 is 0. The summed E-state index contributed by atoms with van der Waals surface area (Å²) in [6, 6.07) is 15.1. The smallest absolute Gasteiger partial charge is 0.122 e. The van der Waals surface area contributed by atoms with E-state index < -0.39 is 0 Å². The van der Waals surface area contributed by atoms with Crippen LogP contribution < -0.4 is 0 Å². The first kappa shape index (κ1) is 32.3. The van der Waals surface area contributed by atoms with E-state index in [1.165, 1.54) is 12.1 Å². The van der Waals surface area contributed by atoms with Gasteiger partial charge in [-0.3, -0.25) is 0 Å². The van der Waals surface area contributed by atoms with Gasteiger partial charge in [0, 0.05) is 36.8 Å². The maximum absolute atomic E-state index is 11.8. The van der Waals surface area contributed by atoms with Gasteiger partial charge < -0.3 is 25.5 Å². The fourth-order valence-corrected chi connectivity index (χ4v) is 6.22. The van der Waals surface area contributed by atoms with E-state index >= 15 is 0 Å². The maximum Gasteiger partial charge on any atom is 0.122 e. The van der Waals surface area contributed by atoms with Gasteiger partial charge in [0.1, 0.15) is 28.7 Å². The number of hydrogen-bond acceptors (Lipinski definition) is 5. The van der Waals surface area contributed by atoms with Gasteiger partial charge in [-0.05, 0) is 78.4 Å². The van der Waals surface area contributed by atoms with Gasteiger partial charge in [0.05, 0.1) is 0 Å². The van der Waals surface area contributed by atoms with Crippen molar-refractivity contribution in [1.29, 1.82) is 0 Å². The molecule has 5 N–H and O–H groups in total. The Balaban J connectivity index is 1.86. The van der Waals surface area contributed by atoms with E-state index in [0.717, 1.165) is 16.7 Å². The molecular formula is C40H48O5. The van der Waals surface area contributed by atoms with Crippen LogP contribution in [0.15, 0.2) is 48.5 Å². The standard InChI is InChI=1S/C40H48O5/c1-38(2,3)30-14-22-10-24-16-31(39(4,5)6)18-26(35(24)43)12-28-20-33(41)21-29(37(28)45)13-27-19-32(40(7,8)9)17-25(36(27)44)11-23(15-30)34(22)42/h14-21,41-45H,10-13H2,1-9H3. The highest BCUT2D eigenvalue weighted by Crippen LogP contribution is 2.42. The molecule has 0 atom stereocenters. The fourth-order valence-electron chi connectivity index (χ4n) is 6.22. The van der Waals surface area contributed by atoms with E-state index in [-0.39, 0.29) is 57.8 Å². The summed E-state index contributed by atoms with van der Waals surface area (Å²) in [5.41, 5.74) is 7.41. The molecule has 45 heavy (non-hydrogen) atoms. The Bertz CT molecular complexity index is 1670. The van der Waals surface area contributed by atoms with Gasteiger partial charge in [0.25, 0.3) is 0 Å². The average molecular weight is 609 g/mol. The molecule has 1 aliphatic carbocycles. The molecule has 0 fully saturated rings. The summed E-state index contributed by atoms with van der Waals surface area (Å²) in [6.45, 7) is 19.1. The molecule has 0 aromatic heterocycles. The topological polar surface area (TPSA) is 101 Å². The Morgan fingerprint density at radius 3 is 0.689 bits per heavy atom. The molecule has 4 aromatic rings. The van der Waals surface area contributed by atoms with Crippen LogP contribution in [-0.2, 0) is 41.9 Å².